The van der Waals surface area contributed by atoms with Gasteiger partial charge in [-0.15, -0.1) is 11.3 Å². The van der Waals surface area contributed by atoms with Crippen molar-refractivity contribution in [1.82, 2.24) is 9.55 Å². The third kappa shape index (κ3) is 3.90. The smallest absolute Gasteiger partial charge is 0.268 e. The van der Waals surface area contributed by atoms with Crippen LogP contribution in [0.25, 0.3) is 27.0 Å². The largest absolute Gasteiger partial charge is 0.268 e. The van der Waals surface area contributed by atoms with Gasteiger partial charge in [-0.3, -0.25) is 9.36 Å². The van der Waals surface area contributed by atoms with Crippen LogP contribution in [0.2, 0.25) is 0 Å². The Morgan fingerprint density at radius 3 is 2.34 bits per heavy atom. The summed E-state index contributed by atoms with van der Waals surface area (Å²) in [6.45, 7) is 4.17. The minimum atomic E-state index is -0.0175. The van der Waals surface area contributed by atoms with Crippen molar-refractivity contribution in [3.8, 4) is 16.8 Å². The van der Waals surface area contributed by atoms with Gasteiger partial charge in [0.05, 0.1) is 11.1 Å². The van der Waals surface area contributed by atoms with E-state index in [0.29, 0.717) is 5.39 Å². The lowest BCUT2D eigenvalue weighted by molar-refractivity contribution is 0.822. The number of thioether (sulfide) groups is 1. The Hall–Kier alpha value is -3.15. The molecule has 0 saturated heterocycles. The highest BCUT2D eigenvalue weighted by Crippen LogP contribution is 2.37. The Morgan fingerprint density at radius 1 is 0.906 bits per heavy atom. The summed E-state index contributed by atoms with van der Waals surface area (Å²) >= 11 is 3.19. The highest BCUT2D eigenvalue weighted by molar-refractivity contribution is 7.98. The number of nitrogens with zero attached hydrogens (tertiary/aromatic N) is 2. The maximum absolute atomic E-state index is 13.9. The zero-order valence-electron chi connectivity index (χ0n) is 17.9. The number of para-hydroxylation sites is 1. The van der Waals surface area contributed by atoms with Gasteiger partial charge in [0, 0.05) is 16.2 Å². The number of thiophene rings is 1. The molecular weight excluding hydrogens is 432 g/mol. The fraction of sp³-hybridized carbons (Fsp3) is 0.111. The van der Waals surface area contributed by atoms with Gasteiger partial charge < -0.3 is 0 Å². The molecule has 0 unspecified atom stereocenters. The fourth-order valence-corrected chi connectivity index (χ4v) is 5.99. The quantitative estimate of drug-likeness (QED) is 0.211. The van der Waals surface area contributed by atoms with Crippen LogP contribution in [0.3, 0.4) is 0 Å². The molecular formula is C27H22N2OS2. The summed E-state index contributed by atoms with van der Waals surface area (Å²) in [6.07, 6.45) is 0. The Bertz CT molecular complexity index is 1450. The maximum Gasteiger partial charge on any atom is 0.268 e. The molecule has 2 heterocycles. The van der Waals surface area contributed by atoms with Crippen molar-refractivity contribution >= 4 is 33.3 Å². The normalized spacial score (nSPS) is 11.2. The van der Waals surface area contributed by atoms with Gasteiger partial charge in [0.2, 0.25) is 0 Å². The zero-order chi connectivity index (χ0) is 22.1. The number of aromatic nitrogens is 2. The molecule has 5 rings (SSSR count). The molecule has 32 heavy (non-hydrogen) atoms. The van der Waals surface area contributed by atoms with Crippen LogP contribution in [0.4, 0.5) is 0 Å². The van der Waals surface area contributed by atoms with Crippen LogP contribution in [0, 0.1) is 13.8 Å². The molecule has 0 aliphatic rings. The second-order valence-electron chi connectivity index (χ2n) is 7.73. The van der Waals surface area contributed by atoms with E-state index in [4.69, 9.17) is 4.98 Å². The van der Waals surface area contributed by atoms with Crippen LogP contribution in [0.15, 0.2) is 94.9 Å². The monoisotopic (exact) mass is 454 g/mol. The highest BCUT2D eigenvalue weighted by atomic mass is 32.2. The van der Waals surface area contributed by atoms with Gasteiger partial charge in [-0.2, -0.15) is 0 Å². The molecule has 0 saturated carbocycles. The van der Waals surface area contributed by atoms with Crippen LogP contribution in [-0.2, 0) is 5.75 Å². The van der Waals surface area contributed by atoms with Crippen LogP contribution in [0.5, 0.6) is 0 Å². The Morgan fingerprint density at radius 2 is 1.62 bits per heavy atom. The van der Waals surface area contributed by atoms with Gasteiger partial charge in [0.15, 0.2) is 5.16 Å². The molecule has 0 aliphatic heterocycles. The number of hydrogen-bond donors (Lipinski definition) is 0. The molecule has 0 aliphatic carbocycles. The van der Waals surface area contributed by atoms with E-state index >= 15 is 0 Å². The van der Waals surface area contributed by atoms with Crippen molar-refractivity contribution in [3.63, 3.8) is 0 Å². The lowest BCUT2D eigenvalue weighted by Gasteiger charge is -2.13. The first-order valence-corrected chi connectivity index (χ1v) is 12.3. The zero-order valence-corrected chi connectivity index (χ0v) is 19.5. The van der Waals surface area contributed by atoms with Crippen molar-refractivity contribution in [2.24, 2.45) is 0 Å². The molecule has 5 heteroatoms. The van der Waals surface area contributed by atoms with Gasteiger partial charge in [-0.25, -0.2) is 4.98 Å². The molecule has 0 atom stereocenters. The first-order chi connectivity index (χ1) is 15.6. The van der Waals surface area contributed by atoms with E-state index in [1.165, 1.54) is 11.1 Å². The topological polar surface area (TPSA) is 34.9 Å². The summed E-state index contributed by atoms with van der Waals surface area (Å²) in [4.78, 5) is 20.8. The summed E-state index contributed by atoms with van der Waals surface area (Å²) in [5.74, 6) is 0.752. The van der Waals surface area contributed by atoms with E-state index in [1.54, 1.807) is 27.7 Å². The second kappa shape index (κ2) is 8.77. The first-order valence-electron chi connectivity index (χ1n) is 10.5. The number of hydrogen-bond acceptors (Lipinski definition) is 4. The van der Waals surface area contributed by atoms with E-state index in [-0.39, 0.29) is 5.56 Å². The van der Waals surface area contributed by atoms with Crippen molar-refractivity contribution in [2.75, 3.05) is 0 Å². The molecule has 0 spiro atoms. The van der Waals surface area contributed by atoms with E-state index in [2.05, 4.69) is 50.2 Å². The highest BCUT2D eigenvalue weighted by Gasteiger charge is 2.20. The number of fused-ring (bicyclic) bond motifs is 1. The Labute approximate surface area is 195 Å². The maximum atomic E-state index is 13.9. The van der Waals surface area contributed by atoms with Crippen molar-refractivity contribution in [1.29, 1.82) is 0 Å². The predicted octanol–water partition coefficient (Wildman–Crippen LogP) is 7.02. The van der Waals surface area contributed by atoms with E-state index < -0.39 is 0 Å². The number of benzene rings is 3. The number of rotatable bonds is 5. The van der Waals surface area contributed by atoms with Crippen molar-refractivity contribution in [3.05, 3.63) is 111 Å². The summed E-state index contributed by atoms with van der Waals surface area (Å²) in [5.41, 5.74) is 5.31. The van der Waals surface area contributed by atoms with Crippen LogP contribution >= 0.6 is 23.1 Å². The molecule has 3 nitrogen and oxygen atoms in total. The minimum absolute atomic E-state index is 0.0175. The molecule has 0 amide bonds. The van der Waals surface area contributed by atoms with Crippen molar-refractivity contribution in [2.45, 2.75) is 24.8 Å². The summed E-state index contributed by atoms with van der Waals surface area (Å²) in [5, 5.41) is 1.42. The van der Waals surface area contributed by atoms with Gasteiger partial charge in [0.1, 0.15) is 4.83 Å². The molecule has 0 radical (unpaired) electrons. The third-order valence-corrected chi connectivity index (χ3v) is 7.41. The summed E-state index contributed by atoms with van der Waals surface area (Å²) < 4.78 is 1.77. The molecule has 0 bridgehead atoms. The van der Waals surface area contributed by atoms with Gasteiger partial charge in [-0.05, 0) is 37.1 Å². The van der Waals surface area contributed by atoms with E-state index in [1.807, 2.05) is 48.5 Å². The summed E-state index contributed by atoms with van der Waals surface area (Å²) in [7, 11) is 0. The molecule has 0 N–H and O–H groups in total. The van der Waals surface area contributed by atoms with Crippen LogP contribution in [0.1, 0.15) is 16.0 Å². The van der Waals surface area contributed by atoms with E-state index in [9.17, 15) is 4.79 Å². The van der Waals surface area contributed by atoms with Gasteiger partial charge in [-0.1, -0.05) is 90.1 Å². The van der Waals surface area contributed by atoms with Gasteiger partial charge in [0.25, 0.3) is 5.56 Å². The first kappa shape index (κ1) is 20.7. The molecule has 2 aromatic heterocycles. The van der Waals surface area contributed by atoms with Crippen molar-refractivity contribution < 1.29 is 0 Å². The SMILES string of the molecule is Cc1cccc(CSc2nc3sc(C)c(-c4ccccc4)c3c(=O)n2-c2ccccc2)c1. The standard InChI is InChI=1S/C27H22N2OS2/c1-18-10-9-11-20(16-18)17-31-27-28-25-24(26(30)29(27)22-14-7-4-8-15-22)23(19(2)32-25)21-12-5-3-6-13-21/h3-16H,17H2,1-2H3. The number of aryl methyl sites for hydroxylation is 2. The lowest BCUT2D eigenvalue weighted by atomic mass is 10.0. The van der Waals surface area contributed by atoms with Gasteiger partial charge >= 0.3 is 0 Å². The minimum Gasteiger partial charge on any atom is -0.268 e. The second-order valence-corrected chi connectivity index (χ2v) is 9.87. The molecule has 0 fully saturated rings. The molecule has 158 valence electrons. The van der Waals surface area contributed by atoms with Crippen LogP contribution < -0.4 is 5.56 Å². The summed E-state index contributed by atoms with van der Waals surface area (Å²) in [6, 6.07) is 28.4. The third-order valence-electron chi connectivity index (χ3n) is 5.40. The Balaban J connectivity index is 1.71. The predicted molar refractivity (Wildman–Crippen MR) is 136 cm³/mol. The average Bonchev–Trinajstić information content (AvgIpc) is 3.15. The lowest BCUT2D eigenvalue weighted by Crippen LogP contribution is -2.21. The molecule has 3 aromatic carbocycles. The Kier molecular flexibility index (Phi) is 5.68. The van der Waals surface area contributed by atoms with E-state index in [0.717, 1.165) is 37.4 Å². The molecule has 5 aromatic rings. The fourth-order valence-electron chi connectivity index (χ4n) is 3.95. The average molecular weight is 455 g/mol. The van der Waals surface area contributed by atoms with Crippen LogP contribution in [-0.4, -0.2) is 9.55 Å².